The molecule has 2 aromatic heterocycles. The zero-order chi connectivity index (χ0) is 20.4. The van der Waals surface area contributed by atoms with Crippen LogP contribution in [0, 0.1) is 6.92 Å². The van der Waals surface area contributed by atoms with Crippen molar-refractivity contribution in [1.29, 1.82) is 0 Å². The van der Waals surface area contributed by atoms with Crippen molar-refractivity contribution in [2.45, 2.75) is 32.9 Å². The third-order valence-electron chi connectivity index (χ3n) is 4.83. The molecule has 1 aliphatic heterocycles. The molecule has 1 saturated heterocycles. The number of aliphatic carboxylic acids is 1. The Balaban J connectivity index is 1.76. The van der Waals surface area contributed by atoms with Crippen LogP contribution in [-0.4, -0.2) is 87.5 Å². The number of fused-ring (bicyclic) bond motifs is 1. The highest BCUT2D eigenvalue weighted by molar-refractivity contribution is 5.98. The van der Waals surface area contributed by atoms with E-state index in [1.54, 1.807) is 23.0 Å². The van der Waals surface area contributed by atoms with E-state index in [0.29, 0.717) is 37.5 Å². The standard InChI is InChI=1S/C19H27N5O4/c1-12(2)24-18-14(8-20-24)7-16(13(3)21-18)19(27)23-5-6-28-15(10-23)9-22(4)11-17(25)26/h7-8,12,15H,5-6,9-11H2,1-4H3,(H,25,26). The molecule has 2 aromatic rings. The SMILES string of the molecule is Cc1nc2c(cnn2C(C)C)cc1C(=O)N1CCOC(CN(C)CC(=O)O)C1. The summed E-state index contributed by atoms with van der Waals surface area (Å²) in [4.78, 5) is 32.0. The maximum atomic E-state index is 13.1. The molecule has 1 fully saturated rings. The third-order valence-corrected chi connectivity index (χ3v) is 4.83. The van der Waals surface area contributed by atoms with Crippen molar-refractivity contribution in [2.75, 3.05) is 39.8 Å². The topological polar surface area (TPSA) is 101 Å². The molecule has 3 rings (SSSR count). The van der Waals surface area contributed by atoms with E-state index in [9.17, 15) is 9.59 Å². The highest BCUT2D eigenvalue weighted by Crippen LogP contribution is 2.21. The van der Waals surface area contributed by atoms with Crippen LogP contribution in [0.25, 0.3) is 11.0 Å². The van der Waals surface area contributed by atoms with E-state index >= 15 is 0 Å². The zero-order valence-corrected chi connectivity index (χ0v) is 16.8. The summed E-state index contributed by atoms with van der Waals surface area (Å²) in [5, 5.41) is 14.1. The number of carboxylic acids is 1. The van der Waals surface area contributed by atoms with Gasteiger partial charge < -0.3 is 14.7 Å². The van der Waals surface area contributed by atoms with E-state index in [1.807, 2.05) is 31.5 Å². The van der Waals surface area contributed by atoms with Gasteiger partial charge in [0, 0.05) is 31.1 Å². The maximum absolute atomic E-state index is 13.1. The van der Waals surface area contributed by atoms with Gasteiger partial charge in [-0.25, -0.2) is 9.67 Å². The van der Waals surface area contributed by atoms with E-state index in [0.717, 1.165) is 11.0 Å². The Labute approximate surface area is 163 Å². The number of pyridine rings is 1. The van der Waals surface area contributed by atoms with E-state index in [4.69, 9.17) is 9.84 Å². The molecule has 9 nitrogen and oxygen atoms in total. The largest absolute Gasteiger partial charge is 0.480 e. The third kappa shape index (κ3) is 4.31. The number of likely N-dealkylation sites (N-methyl/N-ethyl adjacent to an activating group) is 1. The minimum absolute atomic E-state index is 0.0622. The quantitative estimate of drug-likeness (QED) is 0.792. The van der Waals surface area contributed by atoms with Gasteiger partial charge in [-0.2, -0.15) is 5.10 Å². The van der Waals surface area contributed by atoms with Crippen LogP contribution >= 0.6 is 0 Å². The molecular formula is C19H27N5O4. The lowest BCUT2D eigenvalue weighted by Crippen LogP contribution is -2.49. The Morgan fingerprint density at radius 1 is 1.43 bits per heavy atom. The maximum Gasteiger partial charge on any atom is 0.317 e. The van der Waals surface area contributed by atoms with E-state index in [1.165, 1.54) is 0 Å². The van der Waals surface area contributed by atoms with Crippen molar-refractivity contribution in [3.8, 4) is 0 Å². The fraction of sp³-hybridized carbons (Fsp3) is 0.579. The number of ether oxygens (including phenoxy) is 1. The van der Waals surface area contributed by atoms with Gasteiger partial charge >= 0.3 is 5.97 Å². The average molecular weight is 389 g/mol. The lowest BCUT2D eigenvalue weighted by Gasteiger charge is -2.34. The molecular weight excluding hydrogens is 362 g/mol. The van der Waals surface area contributed by atoms with Gasteiger partial charge in [0.25, 0.3) is 5.91 Å². The monoisotopic (exact) mass is 389 g/mol. The summed E-state index contributed by atoms with van der Waals surface area (Å²) < 4.78 is 7.57. The molecule has 1 atom stereocenters. The Morgan fingerprint density at radius 2 is 2.18 bits per heavy atom. The van der Waals surface area contributed by atoms with Crippen LogP contribution in [0.3, 0.4) is 0 Å². The molecule has 0 bridgehead atoms. The molecule has 0 spiro atoms. The first-order chi connectivity index (χ1) is 13.3. The summed E-state index contributed by atoms with van der Waals surface area (Å²) in [7, 11) is 1.73. The van der Waals surface area contributed by atoms with Gasteiger partial charge in [-0.1, -0.05) is 0 Å². The number of carboxylic acid groups (broad SMARTS) is 1. The Morgan fingerprint density at radius 3 is 2.86 bits per heavy atom. The van der Waals surface area contributed by atoms with E-state index in [-0.39, 0.29) is 24.6 Å². The smallest absolute Gasteiger partial charge is 0.317 e. The van der Waals surface area contributed by atoms with Gasteiger partial charge in [0.2, 0.25) is 0 Å². The number of amides is 1. The van der Waals surface area contributed by atoms with E-state index in [2.05, 4.69) is 10.1 Å². The van der Waals surface area contributed by atoms with Gasteiger partial charge in [0.15, 0.2) is 5.65 Å². The fourth-order valence-electron chi connectivity index (χ4n) is 3.49. The first-order valence-electron chi connectivity index (χ1n) is 9.42. The second kappa shape index (κ2) is 8.24. The molecule has 0 aromatic carbocycles. The minimum Gasteiger partial charge on any atom is -0.480 e. The Kier molecular flexibility index (Phi) is 5.95. The van der Waals surface area contributed by atoms with Crippen LogP contribution in [0.4, 0.5) is 0 Å². The van der Waals surface area contributed by atoms with Crippen LogP contribution < -0.4 is 0 Å². The number of carbonyl (C=O) groups is 2. The van der Waals surface area contributed by atoms with Gasteiger partial charge in [-0.05, 0) is 33.9 Å². The van der Waals surface area contributed by atoms with Crippen molar-refractivity contribution < 1.29 is 19.4 Å². The average Bonchev–Trinajstić information content (AvgIpc) is 3.02. The van der Waals surface area contributed by atoms with Gasteiger partial charge in [0.1, 0.15) is 0 Å². The predicted molar refractivity (Wildman–Crippen MR) is 103 cm³/mol. The van der Waals surface area contributed by atoms with Crippen molar-refractivity contribution in [1.82, 2.24) is 24.6 Å². The Hall–Kier alpha value is -2.52. The molecule has 1 aliphatic rings. The molecule has 0 aliphatic carbocycles. The van der Waals surface area contributed by atoms with Crippen molar-refractivity contribution >= 4 is 22.9 Å². The van der Waals surface area contributed by atoms with Crippen molar-refractivity contribution in [2.24, 2.45) is 0 Å². The first-order valence-corrected chi connectivity index (χ1v) is 9.42. The fourth-order valence-corrected chi connectivity index (χ4v) is 3.49. The van der Waals surface area contributed by atoms with Gasteiger partial charge in [-0.3, -0.25) is 14.5 Å². The van der Waals surface area contributed by atoms with Crippen molar-refractivity contribution in [3.63, 3.8) is 0 Å². The lowest BCUT2D eigenvalue weighted by atomic mass is 10.1. The first kappa shape index (κ1) is 20.2. The number of aromatic nitrogens is 3. The highest BCUT2D eigenvalue weighted by Gasteiger charge is 2.28. The van der Waals surface area contributed by atoms with Gasteiger partial charge in [0.05, 0.1) is 36.7 Å². The second-order valence-corrected chi connectivity index (χ2v) is 7.55. The van der Waals surface area contributed by atoms with Crippen LogP contribution in [0.1, 0.15) is 35.9 Å². The summed E-state index contributed by atoms with van der Waals surface area (Å²) in [5.41, 5.74) is 2.01. The summed E-state index contributed by atoms with van der Waals surface area (Å²) in [6.45, 7) is 7.66. The number of morpholine rings is 1. The van der Waals surface area contributed by atoms with E-state index < -0.39 is 5.97 Å². The Bertz CT molecular complexity index is 879. The molecule has 1 N–H and O–H groups in total. The number of hydrogen-bond acceptors (Lipinski definition) is 6. The van der Waals surface area contributed by atoms with Crippen molar-refractivity contribution in [3.05, 3.63) is 23.5 Å². The molecule has 9 heteroatoms. The molecule has 1 amide bonds. The summed E-state index contributed by atoms with van der Waals surface area (Å²) in [6, 6.07) is 2.04. The summed E-state index contributed by atoms with van der Waals surface area (Å²) in [6.07, 6.45) is 1.52. The van der Waals surface area contributed by atoms with Crippen LogP contribution in [0.2, 0.25) is 0 Å². The normalized spacial score (nSPS) is 17.6. The summed E-state index contributed by atoms with van der Waals surface area (Å²) >= 11 is 0. The molecule has 3 heterocycles. The number of aryl methyl sites for hydroxylation is 1. The lowest BCUT2D eigenvalue weighted by molar-refractivity contribution is -0.138. The van der Waals surface area contributed by atoms with Crippen LogP contribution in [-0.2, 0) is 9.53 Å². The second-order valence-electron chi connectivity index (χ2n) is 7.55. The van der Waals surface area contributed by atoms with Crippen LogP contribution in [0.15, 0.2) is 12.3 Å². The highest BCUT2D eigenvalue weighted by atomic mass is 16.5. The number of nitrogens with zero attached hydrogens (tertiary/aromatic N) is 5. The predicted octanol–water partition coefficient (Wildman–Crippen LogP) is 1.18. The molecule has 0 radical (unpaired) electrons. The number of carbonyl (C=O) groups excluding carboxylic acids is 1. The van der Waals surface area contributed by atoms with Crippen LogP contribution in [0.5, 0.6) is 0 Å². The molecule has 28 heavy (non-hydrogen) atoms. The zero-order valence-electron chi connectivity index (χ0n) is 16.8. The number of rotatable bonds is 6. The van der Waals surface area contributed by atoms with Gasteiger partial charge in [-0.15, -0.1) is 0 Å². The molecule has 0 saturated carbocycles. The molecule has 1 unspecified atom stereocenters. The summed E-state index contributed by atoms with van der Waals surface area (Å²) in [5.74, 6) is -0.971. The number of hydrogen-bond donors (Lipinski definition) is 1. The minimum atomic E-state index is -0.886. The molecule has 152 valence electrons.